The topological polar surface area (TPSA) is 190 Å². The highest BCUT2D eigenvalue weighted by Gasteiger charge is 2.76. The van der Waals surface area contributed by atoms with Crippen molar-refractivity contribution in [3.63, 3.8) is 0 Å². The van der Waals surface area contributed by atoms with E-state index in [4.69, 9.17) is 0 Å². The fraction of sp³-hybridized carbons (Fsp3) is 1.00. The zero-order valence-corrected chi connectivity index (χ0v) is 16.1. The van der Waals surface area contributed by atoms with Gasteiger partial charge in [-0.25, -0.2) is 0 Å². The molecule has 14 heteroatoms. The molecule has 0 aromatic rings. The molecule has 4 aliphatic rings. The minimum absolute atomic E-state index is 0.0846. The molecule has 0 aliphatic heterocycles. The molecule has 4 rings (SSSR count). The van der Waals surface area contributed by atoms with Crippen LogP contribution in [0, 0.1) is 11.8 Å². The Hall–Kier alpha value is 0.680. The molecule has 0 radical (unpaired) electrons. The SMILES string of the molecule is O=P(O)(O)C12CC3CC(C1)CC(P(=O)(P(=O)(O)O)P(=O)(O)O)(C3)C2. The first-order valence-electron chi connectivity index (χ1n) is 7.35. The van der Waals surface area contributed by atoms with Crippen LogP contribution >= 0.6 is 28.7 Å². The van der Waals surface area contributed by atoms with Crippen LogP contribution in [0.15, 0.2) is 0 Å². The second-order valence-electron chi connectivity index (χ2n) is 7.52. The third-order valence-corrected chi connectivity index (χ3v) is 21.9. The summed E-state index contributed by atoms with van der Waals surface area (Å²) in [5.41, 5.74) is 0. The lowest BCUT2D eigenvalue weighted by atomic mass is 9.55. The van der Waals surface area contributed by atoms with Gasteiger partial charge in [-0.05, 0) is 50.4 Å². The van der Waals surface area contributed by atoms with Crippen LogP contribution in [0.2, 0.25) is 0 Å². The van der Waals surface area contributed by atoms with Crippen LogP contribution < -0.4 is 0 Å². The van der Waals surface area contributed by atoms with Gasteiger partial charge in [0.15, 0.2) is 0 Å². The van der Waals surface area contributed by atoms with E-state index >= 15 is 0 Å². The van der Waals surface area contributed by atoms with E-state index in [0.717, 1.165) is 0 Å². The lowest BCUT2D eigenvalue weighted by Gasteiger charge is -2.62. The summed E-state index contributed by atoms with van der Waals surface area (Å²) in [7, 11) is -16.1. The molecule has 4 aliphatic carbocycles. The molecule has 0 saturated heterocycles. The van der Waals surface area contributed by atoms with Crippen LogP contribution in [0.25, 0.3) is 0 Å². The molecule has 0 aromatic carbocycles. The maximum atomic E-state index is 13.2. The lowest BCUT2D eigenvalue weighted by molar-refractivity contribution is 0.0364. The van der Waals surface area contributed by atoms with Crippen LogP contribution in [0.3, 0.4) is 0 Å². The van der Waals surface area contributed by atoms with Gasteiger partial charge in [-0.3, -0.25) is 18.3 Å². The average molecular weight is 424 g/mol. The first kappa shape index (κ1) is 19.4. The van der Waals surface area contributed by atoms with Crippen molar-refractivity contribution in [2.24, 2.45) is 11.8 Å². The van der Waals surface area contributed by atoms with Gasteiger partial charge in [0.1, 0.15) is 0 Å². The Morgan fingerprint density at radius 3 is 1.38 bits per heavy atom. The largest absolute Gasteiger partial charge is 0.393 e. The Morgan fingerprint density at radius 2 is 1.04 bits per heavy atom. The zero-order chi connectivity index (χ0) is 18.4. The molecule has 2 atom stereocenters. The maximum Gasteiger partial charge on any atom is 0.393 e. The van der Waals surface area contributed by atoms with Crippen molar-refractivity contribution in [1.82, 2.24) is 0 Å². The predicted octanol–water partition coefficient (Wildman–Crippen LogP) is 1.80. The van der Waals surface area contributed by atoms with Gasteiger partial charge in [0.2, 0.25) is 0 Å². The summed E-state index contributed by atoms with van der Waals surface area (Å²) < 4.78 is 49.1. The standard InChI is InChI=1S/C10H20O10P4/c11-21(12,13)9-2-7-1-8(3-9)5-10(4-7,6-9)22(14,23(15,16)17)24(18,19)20/h7-8H,1-6H2,(H2,11,12,13)(H2,15,16,17)(H2,18,19,20). The Balaban J connectivity index is 2.24. The summed E-state index contributed by atoms with van der Waals surface area (Å²) in [6.07, 6.45) is 0.115. The molecule has 10 nitrogen and oxygen atoms in total. The van der Waals surface area contributed by atoms with Gasteiger partial charge >= 0.3 is 28.7 Å². The molecule has 140 valence electrons. The van der Waals surface area contributed by atoms with Crippen molar-refractivity contribution >= 4 is 28.7 Å². The van der Waals surface area contributed by atoms with Crippen LogP contribution in [-0.4, -0.2) is 39.7 Å². The van der Waals surface area contributed by atoms with E-state index in [2.05, 4.69) is 0 Å². The fourth-order valence-corrected chi connectivity index (χ4v) is 18.5. The highest BCUT2D eigenvalue weighted by Crippen LogP contribution is 3.02. The van der Waals surface area contributed by atoms with Gasteiger partial charge in [-0.2, -0.15) is 0 Å². The van der Waals surface area contributed by atoms with Crippen molar-refractivity contribution in [3.05, 3.63) is 0 Å². The molecular formula is C10H20O10P4. The minimum Gasteiger partial charge on any atom is -0.324 e. The summed E-state index contributed by atoms with van der Waals surface area (Å²) in [5.74, 6) is -0.712. The molecule has 0 heterocycles. The first-order chi connectivity index (χ1) is 10.6. The lowest BCUT2D eigenvalue weighted by Crippen LogP contribution is -2.58. The van der Waals surface area contributed by atoms with Crippen molar-refractivity contribution in [3.8, 4) is 0 Å². The second-order valence-corrected chi connectivity index (χ2v) is 21.1. The van der Waals surface area contributed by atoms with Crippen LogP contribution in [0.1, 0.15) is 38.5 Å². The number of hydrogen-bond acceptors (Lipinski definition) is 4. The molecule has 4 saturated carbocycles. The number of hydrogen-bond donors (Lipinski definition) is 6. The molecule has 6 N–H and O–H groups in total. The van der Waals surface area contributed by atoms with Crippen LogP contribution in [0.4, 0.5) is 0 Å². The van der Waals surface area contributed by atoms with Gasteiger partial charge < -0.3 is 29.4 Å². The highest BCUT2D eigenvalue weighted by atomic mass is 32.5. The molecule has 4 fully saturated rings. The summed E-state index contributed by atoms with van der Waals surface area (Å²) in [4.78, 5) is 57.9. The molecule has 4 bridgehead atoms. The van der Waals surface area contributed by atoms with Crippen LogP contribution in [0.5, 0.6) is 0 Å². The molecule has 0 spiro atoms. The molecule has 0 amide bonds. The van der Waals surface area contributed by atoms with Gasteiger partial charge in [0.25, 0.3) is 0 Å². The third-order valence-electron chi connectivity index (χ3n) is 5.94. The first-order valence-corrected chi connectivity index (χ1v) is 15.3. The Bertz CT molecular complexity index is 718. The van der Waals surface area contributed by atoms with Gasteiger partial charge in [0, 0.05) is 5.16 Å². The molecule has 0 aromatic heterocycles. The summed E-state index contributed by atoms with van der Waals surface area (Å²) in [6.45, 7) is -5.41. The van der Waals surface area contributed by atoms with Crippen molar-refractivity contribution in [1.29, 1.82) is 0 Å². The van der Waals surface area contributed by atoms with E-state index in [-0.39, 0.29) is 37.5 Å². The van der Waals surface area contributed by atoms with Crippen molar-refractivity contribution in [2.45, 2.75) is 48.8 Å². The molecule has 2 unspecified atom stereocenters. The van der Waals surface area contributed by atoms with Crippen molar-refractivity contribution < 1.29 is 47.6 Å². The van der Waals surface area contributed by atoms with E-state index in [0.29, 0.717) is 6.42 Å². The Kier molecular flexibility index (Phi) is 4.16. The van der Waals surface area contributed by atoms with Gasteiger partial charge in [-0.15, -0.1) is 0 Å². The molecular weight excluding hydrogens is 404 g/mol. The van der Waals surface area contributed by atoms with E-state index in [1.807, 2.05) is 0 Å². The monoisotopic (exact) mass is 424 g/mol. The van der Waals surface area contributed by atoms with E-state index in [9.17, 15) is 47.6 Å². The summed E-state index contributed by atoms with van der Waals surface area (Å²) >= 11 is 0. The van der Waals surface area contributed by atoms with Gasteiger partial charge in [-0.1, -0.05) is 0 Å². The quantitative estimate of drug-likeness (QED) is 0.363. The minimum atomic E-state index is -5.70. The average Bonchev–Trinajstić information content (AvgIpc) is 2.31. The van der Waals surface area contributed by atoms with Crippen LogP contribution in [-0.2, 0) is 18.3 Å². The fourth-order valence-electron chi connectivity index (χ4n) is 5.55. The smallest absolute Gasteiger partial charge is 0.324 e. The number of rotatable bonds is 4. The molecule has 24 heavy (non-hydrogen) atoms. The second kappa shape index (κ2) is 5.14. The van der Waals surface area contributed by atoms with Gasteiger partial charge in [0.05, 0.1) is 5.16 Å². The Morgan fingerprint density at radius 1 is 0.667 bits per heavy atom. The summed E-state index contributed by atoms with van der Waals surface area (Å²) in [6, 6.07) is 0. The predicted molar refractivity (Wildman–Crippen MR) is 83.9 cm³/mol. The van der Waals surface area contributed by atoms with Crippen molar-refractivity contribution in [2.75, 3.05) is 0 Å². The normalized spacial score (nSPS) is 40.1. The zero-order valence-electron chi connectivity index (χ0n) is 12.5. The maximum absolute atomic E-state index is 13.2. The highest BCUT2D eigenvalue weighted by molar-refractivity contribution is 8.62. The van der Waals surface area contributed by atoms with E-state index < -0.39 is 45.4 Å². The Labute approximate surface area is 137 Å². The van der Waals surface area contributed by atoms with E-state index in [1.165, 1.54) is 0 Å². The third kappa shape index (κ3) is 2.40. The summed E-state index contributed by atoms with van der Waals surface area (Å²) in [5, 5.41) is -3.52. The van der Waals surface area contributed by atoms with E-state index in [1.54, 1.807) is 0 Å².